The van der Waals surface area contributed by atoms with Crippen LogP contribution in [0.2, 0.25) is 0 Å². The summed E-state index contributed by atoms with van der Waals surface area (Å²) in [6.45, 7) is 4.35. The molecule has 0 radical (unpaired) electrons. The maximum absolute atomic E-state index is 10.5. The normalized spacial score (nSPS) is 11.5. The third-order valence-corrected chi connectivity index (χ3v) is 6.52. The Kier molecular flexibility index (Phi) is 5.92. The Morgan fingerprint density at radius 3 is 2.63 bits per heavy atom. The second kappa shape index (κ2) is 8.62. The molecule has 4 aromatic rings. The highest BCUT2D eigenvalue weighted by Crippen LogP contribution is 2.40. The number of aromatic hydroxyl groups is 1. The molecule has 152 valence electrons. The van der Waals surface area contributed by atoms with Crippen LogP contribution in [0.5, 0.6) is 11.5 Å². The van der Waals surface area contributed by atoms with Crippen molar-refractivity contribution >= 4 is 54.9 Å². The van der Waals surface area contributed by atoms with Crippen LogP contribution in [0.25, 0.3) is 22.6 Å². The molecule has 4 rings (SSSR count). The first-order valence-electron chi connectivity index (χ1n) is 9.31. The number of hydrogen-bond donors (Lipinski definition) is 1. The van der Waals surface area contributed by atoms with Crippen molar-refractivity contribution in [3.05, 3.63) is 68.6 Å². The zero-order chi connectivity index (χ0) is 21.3. The van der Waals surface area contributed by atoms with Gasteiger partial charge in [-0.15, -0.1) is 0 Å². The third kappa shape index (κ3) is 4.13. The van der Waals surface area contributed by atoms with Crippen molar-refractivity contribution in [2.24, 2.45) is 4.99 Å². The van der Waals surface area contributed by atoms with E-state index in [0.29, 0.717) is 45.1 Å². The summed E-state index contributed by atoms with van der Waals surface area (Å²) in [6, 6.07) is 15.3. The standard InChI is InChI=1S/C23H18Br2N2O3/c1-3-29-20-11-17(24)21(25)16(22(20)28)12-26-15-8-9-19-18(10-15)27-23(30-19)14-6-4-13(2)5-7-14/h4-12,28H,3H2,1-2H3. The Morgan fingerprint density at radius 1 is 1.13 bits per heavy atom. The summed E-state index contributed by atoms with van der Waals surface area (Å²) in [5.74, 6) is 0.989. The van der Waals surface area contributed by atoms with Crippen LogP contribution < -0.4 is 4.74 Å². The molecule has 5 nitrogen and oxygen atoms in total. The van der Waals surface area contributed by atoms with Gasteiger partial charge in [-0.3, -0.25) is 4.99 Å². The number of aryl methyl sites for hydroxylation is 1. The van der Waals surface area contributed by atoms with E-state index in [9.17, 15) is 5.11 Å². The summed E-state index contributed by atoms with van der Waals surface area (Å²) in [4.78, 5) is 9.10. The largest absolute Gasteiger partial charge is 0.504 e. The van der Waals surface area contributed by atoms with Crippen LogP contribution in [0.3, 0.4) is 0 Å². The van der Waals surface area contributed by atoms with Gasteiger partial charge in [0.2, 0.25) is 5.89 Å². The molecule has 0 saturated heterocycles. The zero-order valence-electron chi connectivity index (χ0n) is 16.3. The van der Waals surface area contributed by atoms with Gasteiger partial charge >= 0.3 is 0 Å². The smallest absolute Gasteiger partial charge is 0.227 e. The van der Waals surface area contributed by atoms with Crippen LogP contribution in [-0.2, 0) is 0 Å². The molecule has 0 saturated carbocycles. The van der Waals surface area contributed by atoms with Crippen molar-refractivity contribution in [2.45, 2.75) is 13.8 Å². The van der Waals surface area contributed by atoms with Gasteiger partial charge in [0.05, 0.1) is 17.9 Å². The first-order chi connectivity index (χ1) is 14.5. The monoisotopic (exact) mass is 528 g/mol. The lowest BCUT2D eigenvalue weighted by Crippen LogP contribution is -1.95. The lowest BCUT2D eigenvalue weighted by Gasteiger charge is -2.11. The summed E-state index contributed by atoms with van der Waals surface area (Å²) in [7, 11) is 0. The lowest BCUT2D eigenvalue weighted by atomic mass is 10.1. The van der Waals surface area contributed by atoms with E-state index in [4.69, 9.17) is 9.15 Å². The van der Waals surface area contributed by atoms with Gasteiger partial charge in [-0.1, -0.05) is 17.7 Å². The molecule has 3 aromatic carbocycles. The molecule has 0 spiro atoms. The molecule has 0 atom stereocenters. The average molecular weight is 530 g/mol. The number of phenolic OH excluding ortho intramolecular Hbond substituents is 1. The van der Waals surface area contributed by atoms with Crippen LogP contribution in [0.15, 0.2) is 66.9 Å². The van der Waals surface area contributed by atoms with Gasteiger partial charge in [-0.05, 0) is 82.1 Å². The fourth-order valence-electron chi connectivity index (χ4n) is 2.95. The van der Waals surface area contributed by atoms with Gasteiger partial charge in [-0.25, -0.2) is 4.98 Å². The minimum atomic E-state index is 0.0276. The lowest BCUT2D eigenvalue weighted by molar-refractivity contribution is 0.317. The second-order valence-corrected chi connectivity index (χ2v) is 8.31. The number of phenols is 1. The number of nitrogens with zero attached hydrogens (tertiary/aromatic N) is 2. The minimum absolute atomic E-state index is 0.0276. The molecule has 0 fully saturated rings. The average Bonchev–Trinajstić information content (AvgIpc) is 3.16. The van der Waals surface area contributed by atoms with Gasteiger partial charge < -0.3 is 14.3 Å². The summed E-state index contributed by atoms with van der Waals surface area (Å²) >= 11 is 6.95. The van der Waals surface area contributed by atoms with Gasteiger partial charge in [-0.2, -0.15) is 0 Å². The van der Waals surface area contributed by atoms with E-state index in [2.05, 4.69) is 41.8 Å². The predicted molar refractivity (Wildman–Crippen MR) is 126 cm³/mol. The van der Waals surface area contributed by atoms with Crippen LogP contribution >= 0.6 is 31.9 Å². The summed E-state index contributed by atoms with van der Waals surface area (Å²) < 4.78 is 12.8. The Bertz CT molecular complexity index is 1250. The Balaban J connectivity index is 1.68. The number of rotatable bonds is 5. The molecule has 0 bridgehead atoms. The van der Waals surface area contributed by atoms with E-state index in [1.165, 1.54) is 5.56 Å². The summed E-state index contributed by atoms with van der Waals surface area (Å²) in [5, 5.41) is 10.5. The fraction of sp³-hybridized carbons (Fsp3) is 0.130. The number of aromatic nitrogens is 1. The summed E-state index contributed by atoms with van der Waals surface area (Å²) in [6.07, 6.45) is 1.59. The molecule has 0 amide bonds. The van der Waals surface area contributed by atoms with Gasteiger partial charge in [0.1, 0.15) is 5.52 Å². The van der Waals surface area contributed by atoms with Gasteiger partial charge in [0.25, 0.3) is 0 Å². The van der Waals surface area contributed by atoms with Crippen LogP contribution in [0.1, 0.15) is 18.1 Å². The molecule has 0 aliphatic heterocycles. The highest BCUT2D eigenvalue weighted by atomic mass is 79.9. The van der Waals surface area contributed by atoms with E-state index in [-0.39, 0.29) is 5.75 Å². The quantitative estimate of drug-likeness (QED) is 0.278. The first-order valence-corrected chi connectivity index (χ1v) is 10.9. The van der Waals surface area contributed by atoms with Gasteiger partial charge in [0, 0.05) is 20.7 Å². The number of aliphatic imine (C=N–C) groups is 1. The topological polar surface area (TPSA) is 67.9 Å². The summed E-state index contributed by atoms with van der Waals surface area (Å²) in [5.41, 5.74) is 4.72. The highest BCUT2D eigenvalue weighted by Gasteiger charge is 2.15. The predicted octanol–water partition coefficient (Wildman–Crippen LogP) is 7.18. The van der Waals surface area contributed by atoms with E-state index in [1.54, 1.807) is 12.3 Å². The van der Waals surface area contributed by atoms with Crippen molar-refractivity contribution in [3.63, 3.8) is 0 Å². The molecule has 0 aliphatic rings. The molecular formula is C23H18Br2N2O3. The number of halogens is 2. The fourth-order valence-corrected chi connectivity index (χ4v) is 3.78. The van der Waals surface area contributed by atoms with E-state index < -0.39 is 0 Å². The molecule has 1 aromatic heterocycles. The van der Waals surface area contributed by atoms with Crippen molar-refractivity contribution < 1.29 is 14.3 Å². The number of fused-ring (bicyclic) bond motifs is 1. The Hall–Kier alpha value is -2.64. The molecule has 0 aliphatic carbocycles. The van der Waals surface area contributed by atoms with Crippen LogP contribution in [0.4, 0.5) is 5.69 Å². The molecule has 30 heavy (non-hydrogen) atoms. The minimum Gasteiger partial charge on any atom is -0.504 e. The second-order valence-electron chi connectivity index (χ2n) is 6.66. The number of hydrogen-bond acceptors (Lipinski definition) is 5. The molecular weight excluding hydrogens is 512 g/mol. The molecule has 0 unspecified atom stereocenters. The zero-order valence-corrected chi connectivity index (χ0v) is 19.5. The van der Waals surface area contributed by atoms with Crippen LogP contribution in [0, 0.1) is 6.92 Å². The highest BCUT2D eigenvalue weighted by molar-refractivity contribution is 9.13. The Morgan fingerprint density at radius 2 is 1.90 bits per heavy atom. The Labute approximate surface area is 190 Å². The first kappa shape index (κ1) is 20.6. The molecule has 1 heterocycles. The van der Waals surface area contributed by atoms with Crippen molar-refractivity contribution in [3.8, 4) is 23.0 Å². The van der Waals surface area contributed by atoms with Crippen molar-refractivity contribution in [2.75, 3.05) is 6.61 Å². The maximum atomic E-state index is 10.5. The van der Waals surface area contributed by atoms with E-state index in [0.717, 1.165) is 10.0 Å². The van der Waals surface area contributed by atoms with E-state index in [1.807, 2.05) is 56.3 Å². The van der Waals surface area contributed by atoms with Crippen molar-refractivity contribution in [1.82, 2.24) is 4.98 Å². The number of ether oxygens (including phenoxy) is 1. The number of benzene rings is 3. The van der Waals surface area contributed by atoms with E-state index >= 15 is 0 Å². The molecule has 1 N–H and O–H groups in total. The van der Waals surface area contributed by atoms with Crippen LogP contribution in [-0.4, -0.2) is 22.9 Å². The number of oxazole rings is 1. The SMILES string of the molecule is CCOc1cc(Br)c(Br)c(C=Nc2ccc3oc(-c4ccc(C)cc4)nc3c2)c1O. The van der Waals surface area contributed by atoms with Crippen molar-refractivity contribution in [1.29, 1.82) is 0 Å². The van der Waals surface area contributed by atoms with Gasteiger partial charge in [0.15, 0.2) is 17.1 Å². The third-order valence-electron chi connectivity index (χ3n) is 4.50. The maximum Gasteiger partial charge on any atom is 0.227 e. The molecule has 7 heteroatoms.